The molecular weight excluding hydrogens is 394 g/mol. The molecule has 5 rings (SSSR count). The predicted octanol–water partition coefficient (Wildman–Crippen LogP) is 2.04. The van der Waals surface area contributed by atoms with Crippen molar-refractivity contribution < 1.29 is 13.6 Å². The second kappa shape index (κ2) is 7.72. The molecule has 2 aliphatic rings. The average molecular weight is 418 g/mol. The van der Waals surface area contributed by atoms with Crippen molar-refractivity contribution in [3.05, 3.63) is 60.2 Å². The Kier molecular flexibility index (Phi) is 3.95. The first kappa shape index (κ1) is 15.8. The van der Waals surface area contributed by atoms with Crippen LogP contribution in [0.1, 0.15) is 32.9 Å². The molecule has 2 unspecified atom stereocenters. The fourth-order valence-electron chi connectivity index (χ4n) is 4.54. The summed E-state index contributed by atoms with van der Waals surface area (Å²) in [6, 6.07) is 8.48. The Morgan fingerprint density at radius 2 is 1.97 bits per heavy atom. The summed E-state index contributed by atoms with van der Waals surface area (Å²) in [6.07, 6.45) is 8.07. The van der Waals surface area contributed by atoms with Gasteiger partial charge >= 0.3 is 0 Å². The SMILES string of the molecule is [2H]C([2H])([2H])Oc1c(C#N)ccnc1N1C2CCC1CN(C(=O)c1cccnc1-n1cccn1)C2. The lowest BCUT2D eigenvalue weighted by Crippen LogP contribution is -2.56. The second-order valence-corrected chi connectivity index (χ2v) is 7.55. The predicted molar refractivity (Wildman–Crippen MR) is 112 cm³/mol. The van der Waals surface area contributed by atoms with Gasteiger partial charge in [-0.15, -0.1) is 0 Å². The number of amides is 1. The molecule has 2 fully saturated rings. The molecule has 1 amide bonds. The molecule has 9 heteroatoms. The van der Waals surface area contributed by atoms with Gasteiger partial charge in [-0.05, 0) is 37.1 Å². The first-order chi connectivity index (χ1) is 16.4. The first-order valence-electron chi connectivity index (χ1n) is 11.5. The van der Waals surface area contributed by atoms with Gasteiger partial charge in [-0.3, -0.25) is 4.79 Å². The Bertz CT molecular complexity index is 1240. The Morgan fingerprint density at radius 1 is 1.16 bits per heavy atom. The lowest BCUT2D eigenvalue weighted by atomic mass is 10.1. The van der Waals surface area contributed by atoms with Crippen molar-refractivity contribution in [2.45, 2.75) is 24.9 Å². The Hall–Kier alpha value is -3.93. The molecule has 2 aliphatic heterocycles. The van der Waals surface area contributed by atoms with Crippen LogP contribution in [0.15, 0.2) is 49.1 Å². The molecule has 0 N–H and O–H groups in total. The van der Waals surface area contributed by atoms with Crippen molar-refractivity contribution in [2.24, 2.45) is 0 Å². The number of carbonyl (C=O) groups excluding carboxylic acids is 1. The summed E-state index contributed by atoms with van der Waals surface area (Å²) >= 11 is 0. The van der Waals surface area contributed by atoms with Gasteiger partial charge < -0.3 is 14.5 Å². The minimum absolute atomic E-state index is 0.0464. The van der Waals surface area contributed by atoms with E-state index in [-0.39, 0.29) is 29.3 Å². The molecule has 0 radical (unpaired) electrons. The Morgan fingerprint density at radius 3 is 2.68 bits per heavy atom. The average Bonchev–Trinajstić information content (AvgIpc) is 3.44. The first-order valence-corrected chi connectivity index (χ1v) is 9.96. The number of ether oxygens (including phenoxy) is 1. The summed E-state index contributed by atoms with van der Waals surface area (Å²) in [4.78, 5) is 26.0. The van der Waals surface area contributed by atoms with Gasteiger partial charge in [0.05, 0.1) is 22.3 Å². The molecule has 0 aromatic carbocycles. The van der Waals surface area contributed by atoms with Crippen LogP contribution in [0.25, 0.3) is 5.82 Å². The van der Waals surface area contributed by atoms with Gasteiger partial charge in [0.15, 0.2) is 17.4 Å². The van der Waals surface area contributed by atoms with E-state index in [1.807, 2.05) is 11.0 Å². The summed E-state index contributed by atoms with van der Waals surface area (Å²) < 4.78 is 29.3. The van der Waals surface area contributed by atoms with Crippen molar-refractivity contribution in [3.8, 4) is 17.6 Å². The number of fused-ring (bicyclic) bond motifs is 2. The highest BCUT2D eigenvalue weighted by molar-refractivity contribution is 5.97. The Balaban J connectivity index is 1.44. The number of pyridine rings is 2. The number of hydrogen-bond acceptors (Lipinski definition) is 7. The fourth-order valence-corrected chi connectivity index (χ4v) is 4.54. The third kappa shape index (κ3) is 3.17. The van der Waals surface area contributed by atoms with Crippen LogP contribution in [0, 0.1) is 11.3 Å². The van der Waals surface area contributed by atoms with Gasteiger partial charge in [-0.25, -0.2) is 14.6 Å². The van der Waals surface area contributed by atoms with Crippen LogP contribution in [0.2, 0.25) is 0 Å². The standard InChI is InChI=1S/C22H21N7O2/c1-31-19-15(12-23)7-10-25-21(19)29-16-5-6-17(29)14-27(13-16)22(30)18-4-2-8-24-20(18)28-11-3-9-26-28/h2-4,7-11,16-17H,5-6,13-14H2,1H3/i1D3. The van der Waals surface area contributed by atoms with Crippen LogP contribution in [0.4, 0.5) is 5.82 Å². The van der Waals surface area contributed by atoms with E-state index in [0.29, 0.717) is 30.3 Å². The number of aromatic nitrogens is 4. The number of likely N-dealkylation sites (tertiary alicyclic amines) is 1. The van der Waals surface area contributed by atoms with Gasteiger partial charge in [-0.1, -0.05) is 0 Å². The van der Waals surface area contributed by atoms with E-state index >= 15 is 0 Å². The molecule has 2 bridgehead atoms. The number of carbonyl (C=O) groups is 1. The van der Waals surface area contributed by atoms with Gasteiger partial charge in [0.1, 0.15) is 6.07 Å². The highest BCUT2D eigenvalue weighted by Crippen LogP contribution is 2.39. The van der Waals surface area contributed by atoms with E-state index in [4.69, 9.17) is 8.85 Å². The van der Waals surface area contributed by atoms with E-state index in [9.17, 15) is 10.1 Å². The second-order valence-electron chi connectivity index (χ2n) is 7.55. The zero-order valence-corrected chi connectivity index (χ0v) is 16.5. The largest absolute Gasteiger partial charge is 0.492 e. The molecule has 156 valence electrons. The fraction of sp³-hybridized carbons (Fsp3) is 0.318. The summed E-state index contributed by atoms with van der Waals surface area (Å²) in [5.41, 5.74) is 0.563. The third-order valence-corrected chi connectivity index (χ3v) is 5.86. The van der Waals surface area contributed by atoms with Crippen LogP contribution in [0.3, 0.4) is 0 Å². The van der Waals surface area contributed by atoms with Crippen molar-refractivity contribution in [3.63, 3.8) is 0 Å². The molecule has 5 heterocycles. The van der Waals surface area contributed by atoms with E-state index in [1.165, 1.54) is 12.3 Å². The molecule has 0 spiro atoms. The number of nitrogens with zero attached hydrogens (tertiary/aromatic N) is 7. The zero-order chi connectivity index (χ0) is 23.9. The number of anilines is 1. The molecule has 3 aromatic heterocycles. The van der Waals surface area contributed by atoms with Crippen LogP contribution < -0.4 is 9.64 Å². The van der Waals surface area contributed by atoms with Gasteiger partial charge in [0.2, 0.25) is 0 Å². The molecule has 2 saturated heterocycles. The van der Waals surface area contributed by atoms with Crippen LogP contribution >= 0.6 is 0 Å². The molecule has 31 heavy (non-hydrogen) atoms. The lowest BCUT2D eigenvalue weighted by molar-refractivity contribution is 0.0716. The van der Waals surface area contributed by atoms with Gasteiger partial charge in [0.25, 0.3) is 5.91 Å². The van der Waals surface area contributed by atoms with Crippen LogP contribution in [-0.2, 0) is 0 Å². The molecule has 0 saturated carbocycles. The maximum atomic E-state index is 13.5. The van der Waals surface area contributed by atoms with E-state index in [1.54, 1.807) is 46.4 Å². The van der Waals surface area contributed by atoms with Gasteiger partial charge in [0, 0.05) is 50.0 Å². The van der Waals surface area contributed by atoms with E-state index < -0.39 is 7.04 Å². The number of rotatable bonds is 4. The summed E-state index contributed by atoms with van der Waals surface area (Å²) in [5.74, 6) is 0.597. The highest BCUT2D eigenvalue weighted by Gasteiger charge is 2.43. The lowest BCUT2D eigenvalue weighted by Gasteiger charge is -2.42. The number of hydrogen-bond donors (Lipinski definition) is 0. The zero-order valence-electron chi connectivity index (χ0n) is 19.5. The van der Waals surface area contributed by atoms with Crippen molar-refractivity contribution >= 4 is 11.7 Å². The van der Waals surface area contributed by atoms with Gasteiger partial charge in [-0.2, -0.15) is 10.4 Å². The monoisotopic (exact) mass is 418 g/mol. The number of piperazine rings is 1. The number of nitriles is 1. The van der Waals surface area contributed by atoms with E-state index in [2.05, 4.69) is 15.1 Å². The smallest absolute Gasteiger partial charge is 0.257 e. The topological polar surface area (TPSA) is 100 Å². The minimum atomic E-state index is -2.72. The van der Waals surface area contributed by atoms with Crippen molar-refractivity contribution in [1.29, 1.82) is 5.26 Å². The van der Waals surface area contributed by atoms with Crippen molar-refractivity contribution in [2.75, 3.05) is 25.0 Å². The minimum Gasteiger partial charge on any atom is -0.492 e. The molecule has 3 aromatic rings. The third-order valence-electron chi connectivity index (χ3n) is 5.86. The maximum absolute atomic E-state index is 13.5. The normalized spacial score (nSPS) is 21.7. The number of methoxy groups -OCH3 is 1. The van der Waals surface area contributed by atoms with Crippen LogP contribution in [-0.4, -0.2) is 62.8 Å². The van der Waals surface area contributed by atoms with E-state index in [0.717, 1.165) is 12.8 Å². The summed E-state index contributed by atoms with van der Waals surface area (Å²) in [6.45, 7) is 0.850. The molecular formula is C22H21N7O2. The molecule has 0 aliphatic carbocycles. The summed E-state index contributed by atoms with van der Waals surface area (Å²) in [5, 5.41) is 13.7. The van der Waals surface area contributed by atoms with Crippen molar-refractivity contribution in [1.82, 2.24) is 24.6 Å². The molecule has 9 nitrogen and oxygen atoms in total. The quantitative estimate of drug-likeness (QED) is 0.639. The summed E-state index contributed by atoms with van der Waals surface area (Å²) in [7, 11) is -2.72. The maximum Gasteiger partial charge on any atom is 0.257 e. The highest BCUT2D eigenvalue weighted by atomic mass is 16.5. The van der Waals surface area contributed by atoms with Crippen LogP contribution in [0.5, 0.6) is 5.75 Å². The Labute approximate surface area is 183 Å². The molecule has 2 atom stereocenters.